The van der Waals surface area contributed by atoms with Crippen LogP contribution in [0.3, 0.4) is 0 Å². The quantitative estimate of drug-likeness (QED) is 0.520. The molecule has 5 nitrogen and oxygen atoms in total. The SMILES string of the molecule is COc1cccc(Sc2ccc(C(=O)C3CCN(C(=O)c4cccc(O)c4)CC3)cc2)c1. The number of likely N-dealkylation sites (tertiary alicyclic amines) is 1. The molecule has 3 aromatic rings. The molecule has 1 heterocycles. The molecule has 6 heteroatoms. The Balaban J connectivity index is 1.34. The van der Waals surface area contributed by atoms with Crippen LogP contribution in [-0.4, -0.2) is 41.9 Å². The van der Waals surface area contributed by atoms with Crippen molar-refractivity contribution < 1.29 is 19.4 Å². The summed E-state index contributed by atoms with van der Waals surface area (Å²) in [6.07, 6.45) is 1.29. The van der Waals surface area contributed by atoms with Crippen LogP contribution < -0.4 is 4.74 Å². The summed E-state index contributed by atoms with van der Waals surface area (Å²) in [6, 6.07) is 22.0. The lowest BCUT2D eigenvalue weighted by molar-refractivity contribution is 0.0650. The van der Waals surface area contributed by atoms with Crippen LogP contribution >= 0.6 is 11.8 Å². The first-order valence-electron chi connectivity index (χ1n) is 10.6. The molecule has 3 aromatic carbocycles. The van der Waals surface area contributed by atoms with E-state index in [9.17, 15) is 14.7 Å². The number of phenolic OH excluding ortho intramolecular Hbond substituents is 1. The van der Waals surface area contributed by atoms with Crippen molar-refractivity contribution in [3.05, 3.63) is 83.9 Å². The number of rotatable bonds is 6. The maximum atomic E-state index is 13.0. The number of hydrogen-bond donors (Lipinski definition) is 1. The number of hydrogen-bond acceptors (Lipinski definition) is 5. The van der Waals surface area contributed by atoms with Crippen LogP contribution in [0.4, 0.5) is 0 Å². The first-order valence-corrected chi connectivity index (χ1v) is 11.4. The Hall–Kier alpha value is -3.25. The first kappa shape index (κ1) is 22.0. The van der Waals surface area contributed by atoms with Crippen molar-refractivity contribution in [1.82, 2.24) is 4.90 Å². The van der Waals surface area contributed by atoms with E-state index >= 15 is 0 Å². The van der Waals surface area contributed by atoms with Crippen molar-refractivity contribution in [2.45, 2.75) is 22.6 Å². The molecule has 1 aliphatic rings. The van der Waals surface area contributed by atoms with Gasteiger partial charge in [0.15, 0.2) is 5.78 Å². The highest BCUT2D eigenvalue weighted by molar-refractivity contribution is 7.99. The van der Waals surface area contributed by atoms with Gasteiger partial charge in [-0.3, -0.25) is 9.59 Å². The van der Waals surface area contributed by atoms with E-state index in [1.54, 1.807) is 42.0 Å². The Morgan fingerprint density at radius 1 is 0.906 bits per heavy atom. The van der Waals surface area contributed by atoms with E-state index in [2.05, 4.69) is 0 Å². The lowest BCUT2D eigenvalue weighted by atomic mass is 9.88. The second kappa shape index (κ2) is 9.92. The van der Waals surface area contributed by atoms with Crippen LogP contribution in [0.25, 0.3) is 0 Å². The van der Waals surface area contributed by atoms with Gasteiger partial charge in [0.1, 0.15) is 11.5 Å². The summed E-state index contributed by atoms with van der Waals surface area (Å²) in [5.74, 6) is 0.836. The van der Waals surface area contributed by atoms with Crippen LogP contribution in [0, 0.1) is 5.92 Å². The van der Waals surface area contributed by atoms with E-state index < -0.39 is 0 Å². The molecule has 4 rings (SSSR count). The average molecular weight is 448 g/mol. The fraction of sp³-hybridized carbons (Fsp3) is 0.231. The highest BCUT2D eigenvalue weighted by Gasteiger charge is 2.28. The number of methoxy groups -OCH3 is 1. The standard InChI is InChI=1S/C26H25NO4S/c1-31-22-6-3-7-24(17-22)32-23-10-8-18(9-11-23)25(29)19-12-14-27(15-13-19)26(30)20-4-2-5-21(28)16-20/h2-11,16-17,19,28H,12-15H2,1H3. The predicted octanol–water partition coefficient (Wildman–Crippen LogP) is 5.29. The fourth-order valence-electron chi connectivity index (χ4n) is 3.89. The minimum absolute atomic E-state index is 0.0777. The smallest absolute Gasteiger partial charge is 0.253 e. The van der Waals surface area contributed by atoms with Crippen LogP contribution in [-0.2, 0) is 0 Å². The molecule has 1 N–H and O–H groups in total. The number of nitrogens with zero attached hydrogens (tertiary/aromatic N) is 1. The van der Waals surface area contributed by atoms with Crippen LogP contribution in [0.2, 0.25) is 0 Å². The number of carbonyl (C=O) groups is 2. The maximum absolute atomic E-state index is 13.0. The molecule has 0 aromatic heterocycles. The lowest BCUT2D eigenvalue weighted by Gasteiger charge is -2.31. The number of aromatic hydroxyl groups is 1. The summed E-state index contributed by atoms with van der Waals surface area (Å²) in [5.41, 5.74) is 1.18. The molecule has 1 fully saturated rings. The van der Waals surface area contributed by atoms with E-state index in [0.717, 1.165) is 15.5 Å². The van der Waals surface area contributed by atoms with Gasteiger partial charge in [0.25, 0.3) is 5.91 Å². The number of carbonyl (C=O) groups excluding carboxylic acids is 2. The molecule has 1 saturated heterocycles. The minimum atomic E-state index is -0.106. The number of ether oxygens (including phenoxy) is 1. The van der Waals surface area contributed by atoms with Gasteiger partial charge in [0.05, 0.1) is 7.11 Å². The number of amides is 1. The molecule has 0 atom stereocenters. The molecule has 0 spiro atoms. The normalized spacial score (nSPS) is 14.2. The molecule has 1 amide bonds. The Labute approximate surface area is 192 Å². The zero-order valence-electron chi connectivity index (χ0n) is 17.9. The van der Waals surface area contributed by atoms with Gasteiger partial charge in [0, 0.05) is 39.9 Å². The third-order valence-corrected chi connectivity index (χ3v) is 6.66. The number of benzene rings is 3. The first-order chi connectivity index (χ1) is 15.5. The second-order valence-corrected chi connectivity index (χ2v) is 8.93. The van der Waals surface area contributed by atoms with E-state index in [-0.39, 0.29) is 23.4 Å². The van der Waals surface area contributed by atoms with Gasteiger partial charge in [-0.15, -0.1) is 0 Å². The molecule has 164 valence electrons. The predicted molar refractivity (Wildman–Crippen MR) is 125 cm³/mol. The number of Topliss-reactive ketones (excluding diaryl/α,β-unsaturated/α-hetero) is 1. The third-order valence-electron chi connectivity index (χ3n) is 5.66. The average Bonchev–Trinajstić information content (AvgIpc) is 2.84. The summed E-state index contributed by atoms with van der Waals surface area (Å²) < 4.78 is 5.27. The summed E-state index contributed by atoms with van der Waals surface area (Å²) >= 11 is 1.62. The molecule has 0 radical (unpaired) electrons. The Kier molecular flexibility index (Phi) is 6.81. The molecule has 0 bridgehead atoms. The number of ketones is 1. The van der Waals surface area contributed by atoms with Gasteiger partial charge >= 0.3 is 0 Å². The summed E-state index contributed by atoms with van der Waals surface area (Å²) in [4.78, 5) is 29.5. The zero-order chi connectivity index (χ0) is 22.5. The van der Waals surface area contributed by atoms with Gasteiger partial charge in [-0.25, -0.2) is 0 Å². The van der Waals surface area contributed by atoms with Gasteiger partial charge < -0.3 is 14.7 Å². The molecular weight excluding hydrogens is 422 g/mol. The van der Waals surface area contributed by atoms with Crippen molar-refractivity contribution in [3.63, 3.8) is 0 Å². The monoisotopic (exact) mass is 447 g/mol. The van der Waals surface area contributed by atoms with E-state index in [4.69, 9.17) is 4.74 Å². The highest BCUT2D eigenvalue weighted by Crippen LogP contribution is 2.31. The molecular formula is C26H25NO4S. The van der Waals surface area contributed by atoms with Gasteiger partial charge in [-0.2, -0.15) is 0 Å². The van der Waals surface area contributed by atoms with Crippen molar-refractivity contribution in [3.8, 4) is 11.5 Å². The maximum Gasteiger partial charge on any atom is 0.253 e. The van der Waals surface area contributed by atoms with Crippen molar-refractivity contribution >= 4 is 23.5 Å². The molecule has 32 heavy (non-hydrogen) atoms. The number of piperidine rings is 1. The van der Waals surface area contributed by atoms with Crippen LogP contribution in [0.5, 0.6) is 11.5 Å². The van der Waals surface area contributed by atoms with Gasteiger partial charge in [-0.1, -0.05) is 36.0 Å². The largest absolute Gasteiger partial charge is 0.508 e. The van der Waals surface area contributed by atoms with Crippen molar-refractivity contribution in [2.24, 2.45) is 5.92 Å². The Morgan fingerprint density at radius 3 is 2.31 bits per heavy atom. The van der Waals surface area contributed by atoms with Gasteiger partial charge in [-0.05, 0) is 61.4 Å². The third kappa shape index (κ3) is 5.14. The van der Waals surface area contributed by atoms with E-state index in [0.29, 0.717) is 37.1 Å². The summed E-state index contributed by atoms with van der Waals surface area (Å²) in [6.45, 7) is 1.07. The molecule has 0 aliphatic carbocycles. The van der Waals surface area contributed by atoms with Crippen LogP contribution in [0.15, 0.2) is 82.6 Å². The molecule has 0 saturated carbocycles. The van der Waals surface area contributed by atoms with Gasteiger partial charge in [0.2, 0.25) is 0 Å². The van der Waals surface area contributed by atoms with Crippen molar-refractivity contribution in [1.29, 1.82) is 0 Å². The topological polar surface area (TPSA) is 66.8 Å². The summed E-state index contributed by atoms with van der Waals surface area (Å²) in [5, 5.41) is 9.60. The number of phenols is 1. The summed E-state index contributed by atoms with van der Waals surface area (Å²) in [7, 11) is 1.65. The zero-order valence-corrected chi connectivity index (χ0v) is 18.7. The lowest BCUT2D eigenvalue weighted by Crippen LogP contribution is -2.40. The highest BCUT2D eigenvalue weighted by atomic mass is 32.2. The Morgan fingerprint density at radius 2 is 1.62 bits per heavy atom. The Bertz CT molecular complexity index is 1100. The minimum Gasteiger partial charge on any atom is -0.508 e. The molecule has 0 unspecified atom stereocenters. The molecule has 1 aliphatic heterocycles. The van der Waals surface area contributed by atoms with E-state index in [1.807, 2.05) is 48.5 Å². The second-order valence-electron chi connectivity index (χ2n) is 7.79. The van der Waals surface area contributed by atoms with Crippen molar-refractivity contribution in [2.75, 3.05) is 20.2 Å². The fourth-order valence-corrected chi connectivity index (χ4v) is 4.76. The van der Waals surface area contributed by atoms with E-state index in [1.165, 1.54) is 6.07 Å². The van der Waals surface area contributed by atoms with Crippen LogP contribution in [0.1, 0.15) is 33.6 Å².